The van der Waals surface area contributed by atoms with Crippen LogP contribution in [0.5, 0.6) is 0 Å². The minimum absolute atomic E-state index is 0.0909. The van der Waals surface area contributed by atoms with E-state index in [-0.39, 0.29) is 11.3 Å². The fourth-order valence-corrected chi connectivity index (χ4v) is 3.28. The van der Waals surface area contributed by atoms with Crippen LogP contribution in [0.15, 0.2) is 24.3 Å². The number of carbonyl (C=O) groups is 1. The number of nitrogens with zero attached hydrogens (tertiary/aromatic N) is 3. The van der Waals surface area contributed by atoms with E-state index in [1.807, 2.05) is 28.6 Å². The molecule has 0 atom stereocenters. The van der Waals surface area contributed by atoms with E-state index in [0.29, 0.717) is 6.54 Å². The van der Waals surface area contributed by atoms with E-state index < -0.39 is 0 Å². The van der Waals surface area contributed by atoms with Crippen LogP contribution in [0.25, 0.3) is 0 Å². The van der Waals surface area contributed by atoms with Gasteiger partial charge in [0.05, 0.1) is 5.69 Å². The lowest BCUT2D eigenvalue weighted by atomic mass is 9.86. The van der Waals surface area contributed by atoms with Crippen LogP contribution in [-0.4, -0.2) is 27.1 Å². The van der Waals surface area contributed by atoms with Gasteiger partial charge in [-0.1, -0.05) is 39.8 Å². The predicted octanol–water partition coefficient (Wildman–Crippen LogP) is 4.87. The smallest absolute Gasteiger partial charge is 0.254 e. The van der Waals surface area contributed by atoms with Crippen LogP contribution in [0.2, 0.25) is 0 Å². The second kappa shape index (κ2) is 8.07. The fourth-order valence-electron chi connectivity index (χ4n) is 3.28. The van der Waals surface area contributed by atoms with Crippen LogP contribution in [0.4, 0.5) is 0 Å². The largest absolute Gasteiger partial charge is 0.334 e. The number of rotatable bonds is 6. The molecule has 26 heavy (non-hydrogen) atoms. The number of carbonyl (C=O) groups excluding carboxylic acids is 1. The third-order valence-electron chi connectivity index (χ3n) is 4.96. The molecule has 0 saturated heterocycles. The van der Waals surface area contributed by atoms with Crippen LogP contribution in [0.3, 0.4) is 0 Å². The molecule has 1 aromatic carbocycles. The molecule has 0 fully saturated rings. The van der Waals surface area contributed by atoms with Gasteiger partial charge in [0.2, 0.25) is 0 Å². The number of aryl methyl sites for hydroxylation is 2. The third kappa shape index (κ3) is 4.35. The Kier molecular flexibility index (Phi) is 6.27. The van der Waals surface area contributed by atoms with Gasteiger partial charge in [-0.05, 0) is 50.3 Å². The number of benzene rings is 1. The second-order valence-corrected chi connectivity index (χ2v) is 8.02. The van der Waals surface area contributed by atoms with E-state index in [1.165, 1.54) is 11.1 Å². The molecule has 4 heteroatoms. The van der Waals surface area contributed by atoms with E-state index in [2.05, 4.69) is 58.8 Å². The van der Waals surface area contributed by atoms with E-state index >= 15 is 0 Å². The van der Waals surface area contributed by atoms with Crippen molar-refractivity contribution < 1.29 is 4.79 Å². The zero-order valence-electron chi connectivity index (χ0n) is 17.4. The maximum Gasteiger partial charge on any atom is 0.254 e. The summed E-state index contributed by atoms with van der Waals surface area (Å²) in [7, 11) is 0. The van der Waals surface area contributed by atoms with Crippen molar-refractivity contribution in [3.05, 3.63) is 52.3 Å². The van der Waals surface area contributed by atoms with Crippen LogP contribution in [0.1, 0.15) is 73.9 Å². The molecule has 0 unspecified atom stereocenters. The first kappa shape index (κ1) is 20.2. The number of hydrogen-bond acceptors (Lipinski definition) is 2. The SMILES string of the molecule is CCCN(Cc1c(C)nn(CC)c1C)C(=O)c1ccc(C(C)(C)C)cc1. The monoisotopic (exact) mass is 355 g/mol. The summed E-state index contributed by atoms with van der Waals surface area (Å²) in [6.07, 6.45) is 0.936. The lowest BCUT2D eigenvalue weighted by Gasteiger charge is -2.24. The van der Waals surface area contributed by atoms with E-state index in [0.717, 1.165) is 36.5 Å². The van der Waals surface area contributed by atoms with Crippen molar-refractivity contribution in [2.75, 3.05) is 6.54 Å². The Labute approximate surface area is 158 Å². The van der Waals surface area contributed by atoms with Gasteiger partial charge in [-0.3, -0.25) is 9.48 Å². The van der Waals surface area contributed by atoms with Gasteiger partial charge in [-0.25, -0.2) is 0 Å². The topological polar surface area (TPSA) is 38.1 Å². The molecule has 1 aromatic heterocycles. The highest BCUT2D eigenvalue weighted by molar-refractivity contribution is 5.94. The lowest BCUT2D eigenvalue weighted by molar-refractivity contribution is 0.0742. The van der Waals surface area contributed by atoms with Crippen LogP contribution in [0, 0.1) is 13.8 Å². The maximum absolute atomic E-state index is 13.1. The molecule has 0 aliphatic carbocycles. The van der Waals surface area contributed by atoms with Gasteiger partial charge in [-0.2, -0.15) is 5.10 Å². The Morgan fingerprint density at radius 3 is 2.19 bits per heavy atom. The Balaban J connectivity index is 2.26. The summed E-state index contributed by atoms with van der Waals surface area (Å²) in [6.45, 7) is 17.1. The fraction of sp³-hybridized carbons (Fsp3) is 0.545. The zero-order chi connectivity index (χ0) is 19.5. The summed E-state index contributed by atoms with van der Waals surface area (Å²) < 4.78 is 2.01. The van der Waals surface area contributed by atoms with Crippen molar-refractivity contribution in [1.29, 1.82) is 0 Å². The molecule has 1 amide bonds. The molecular weight excluding hydrogens is 322 g/mol. The van der Waals surface area contributed by atoms with Gasteiger partial charge in [-0.15, -0.1) is 0 Å². The Morgan fingerprint density at radius 1 is 1.12 bits per heavy atom. The number of amides is 1. The van der Waals surface area contributed by atoms with Crippen molar-refractivity contribution in [1.82, 2.24) is 14.7 Å². The van der Waals surface area contributed by atoms with Gasteiger partial charge < -0.3 is 4.90 Å². The molecule has 0 bridgehead atoms. The molecule has 4 nitrogen and oxygen atoms in total. The molecule has 0 radical (unpaired) electrons. The highest BCUT2D eigenvalue weighted by Gasteiger charge is 2.20. The summed E-state index contributed by atoms with van der Waals surface area (Å²) in [6, 6.07) is 8.06. The molecule has 0 aliphatic rings. The molecule has 0 aliphatic heterocycles. The molecule has 142 valence electrons. The van der Waals surface area contributed by atoms with Gasteiger partial charge in [0, 0.05) is 36.5 Å². The van der Waals surface area contributed by atoms with Crippen LogP contribution < -0.4 is 0 Å². The molecular formula is C22H33N3O. The normalized spacial score (nSPS) is 11.7. The van der Waals surface area contributed by atoms with Crippen molar-refractivity contribution in [2.45, 2.75) is 73.4 Å². The Bertz CT molecular complexity index is 751. The number of aromatic nitrogens is 2. The summed E-state index contributed by atoms with van der Waals surface area (Å²) in [5, 5.41) is 4.59. The first-order chi connectivity index (χ1) is 12.2. The maximum atomic E-state index is 13.1. The molecule has 0 spiro atoms. The van der Waals surface area contributed by atoms with Gasteiger partial charge in [0.25, 0.3) is 5.91 Å². The van der Waals surface area contributed by atoms with Crippen LogP contribution >= 0.6 is 0 Å². The van der Waals surface area contributed by atoms with Gasteiger partial charge >= 0.3 is 0 Å². The highest BCUT2D eigenvalue weighted by atomic mass is 16.2. The van der Waals surface area contributed by atoms with E-state index in [4.69, 9.17) is 0 Å². The third-order valence-corrected chi connectivity index (χ3v) is 4.96. The first-order valence-electron chi connectivity index (χ1n) is 9.61. The van der Waals surface area contributed by atoms with Crippen molar-refractivity contribution in [3.8, 4) is 0 Å². The highest BCUT2D eigenvalue weighted by Crippen LogP contribution is 2.23. The van der Waals surface area contributed by atoms with Crippen molar-refractivity contribution >= 4 is 5.91 Å². The standard InChI is InChI=1S/C22H33N3O/c1-8-14-24(15-20-16(3)23-25(9-2)17(20)4)21(26)18-10-12-19(13-11-18)22(5,6)7/h10-13H,8-9,14-15H2,1-7H3. The molecule has 0 N–H and O–H groups in total. The van der Waals surface area contributed by atoms with Crippen molar-refractivity contribution in [2.24, 2.45) is 0 Å². The summed E-state index contributed by atoms with van der Waals surface area (Å²) in [4.78, 5) is 15.0. The summed E-state index contributed by atoms with van der Waals surface area (Å²) in [5.74, 6) is 0.0929. The Hall–Kier alpha value is -2.10. The van der Waals surface area contributed by atoms with E-state index in [9.17, 15) is 4.79 Å². The quantitative estimate of drug-likeness (QED) is 0.741. The minimum Gasteiger partial charge on any atom is -0.334 e. The predicted molar refractivity (Wildman–Crippen MR) is 108 cm³/mol. The average molecular weight is 356 g/mol. The van der Waals surface area contributed by atoms with Crippen LogP contribution in [-0.2, 0) is 18.5 Å². The lowest BCUT2D eigenvalue weighted by Crippen LogP contribution is -2.31. The Morgan fingerprint density at radius 2 is 1.73 bits per heavy atom. The van der Waals surface area contributed by atoms with E-state index in [1.54, 1.807) is 0 Å². The van der Waals surface area contributed by atoms with Gasteiger partial charge in [0.1, 0.15) is 0 Å². The number of hydrogen-bond donors (Lipinski definition) is 0. The van der Waals surface area contributed by atoms with Crippen molar-refractivity contribution in [3.63, 3.8) is 0 Å². The molecule has 0 saturated carbocycles. The second-order valence-electron chi connectivity index (χ2n) is 8.02. The molecule has 2 rings (SSSR count). The summed E-state index contributed by atoms with van der Waals surface area (Å²) >= 11 is 0. The average Bonchev–Trinajstić information content (AvgIpc) is 2.87. The van der Waals surface area contributed by atoms with Gasteiger partial charge in [0.15, 0.2) is 0 Å². The zero-order valence-corrected chi connectivity index (χ0v) is 17.4. The molecule has 2 aromatic rings. The minimum atomic E-state index is 0.0909. The first-order valence-corrected chi connectivity index (χ1v) is 9.61. The molecule has 1 heterocycles. The summed E-state index contributed by atoms with van der Waals surface area (Å²) in [5.41, 5.74) is 5.42.